The van der Waals surface area contributed by atoms with Crippen molar-refractivity contribution in [3.05, 3.63) is 193 Å². The molecule has 3 heterocycles. The van der Waals surface area contributed by atoms with Crippen LogP contribution in [0.3, 0.4) is 0 Å². The summed E-state index contributed by atoms with van der Waals surface area (Å²) in [4.78, 5) is 10.1. The SMILES string of the molecule is CC(C)(C)Cc1cc(-c2[c-]ccc(C(C)(C)C)c2)ncc1[Si](C)(C)C.CC(C)(C)c1cc(-c2ccccc2)c(-n2c(-c3[c-]ccc4c3oc3ccccc34)nc3ccccc32)c(-c2ccccc2)c1.[Ir]. The number of benzene rings is 7. The number of rotatable bonds is 7. The van der Waals surface area contributed by atoms with Crippen molar-refractivity contribution in [1.82, 2.24) is 14.5 Å². The maximum Gasteiger partial charge on any atom is 0.120 e. The summed E-state index contributed by atoms with van der Waals surface area (Å²) in [6.07, 6.45) is 3.22. The summed E-state index contributed by atoms with van der Waals surface area (Å²) in [5.74, 6) is 0.800. The van der Waals surface area contributed by atoms with Gasteiger partial charge in [0.2, 0.25) is 0 Å². The molecule has 0 amide bonds. The van der Waals surface area contributed by atoms with Gasteiger partial charge in [-0.05, 0) is 80.6 Å². The van der Waals surface area contributed by atoms with E-state index in [1.165, 1.54) is 21.9 Å². The molecule has 6 heteroatoms. The Labute approximate surface area is 430 Å². The normalized spacial score (nSPS) is 12.2. The van der Waals surface area contributed by atoms with Crippen LogP contribution in [0.25, 0.3) is 83.6 Å². The molecule has 0 saturated carbocycles. The van der Waals surface area contributed by atoms with Crippen LogP contribution < -0.4 is 5.19 Å². The summed E-state index contributed by atoms with van der Waals surface area (Å²) in [6, 6.07) is 62.5. The summed E-state index contributed by atoms with van der Waals surface area (Å²) in [5, 5.41) is 3.63. The van der Waals surface area contributed by atoms with Gasteiger partial charge >= 0.3 is 0 Å². The first-order chi connectivity index (χ1) is 32.7. The van der Waals surface area contributed by atoms with E-state index in [1.807, 2.05) is 30.3 Å². The van der Waals surface area contributed by atoms with Crippen LogP contribution in [0.5, 0.6) is 0 Å². The molecular weight excluding hydrogens is 1050 g/mol. The number of aromatic nitrogens is 3. The molecule has 0 saturated heterocycles. The number of nitrogens with zero attached hydrogens (tertiary/aromatic N) is 3. The van der Waals surface area contributed by atoms with E-state index in [9.17, 15) is 0 Å². The minimum atomic E-state index is -1.42. The van der Waals surface area contributed by atoms with E-state index in [4.69, 9.17) is 14.4 Å². The zero-order chi connectivity index (χ0) is 48.9. The van der Waals surface area contributed by atoms with E-state index >= 15 is 0 Å². The third-order valence-electron chi connectivity index (χ3n) is 13.0. The van der Waals surface area contributed by atoms with Gasteiger partial charge in [-0.15, -0.1) is 53.6 Å². The first-order valence-corrected chi connectivity index (χ1v) is 27.9. The number of pyridine rings is 1. The van der Waals surface area contributed by atoms with Gasteiger partial charge in [-0.25, -0.2) is 0 Å². The number of para-hydroxylation sites is 3. The van der Waals surface area contributed by atoms with Gasteiger partial charge in [-0.3, -0.25) is 4.98 Å². The average Bonchev–Trinajstić information content (AvgIpc) is 3.89. The van der Waals surface area contributed by atoms with Crippen LogP contribution in [0, 0.1) is 17.5 Å². The van der Waals surface area contributed by atoms with Gasteiger partial charge < -0.3 is 14.0 Å². The van der Waals surface area contributed by atoms with E-state index in [-0.39, 0.29) is 36.4 Å². The Bertz CT molecular complexity index is 3390. The molecule has 0 aliphatic heterocycles. The minimum absolute atomic E-state index is 0. The van der Waals surface area contributed by atoms with Crippen molar-refractivity contribution in [3.63, 3.8) is 0 Å². The van der Waals surface area contributed by atoms with Crippen molar-refractivity contribution in [2.75, 3.05) is 0 Å². The second-order valence-corrected chi connectivity index (χ2v) is 27.8. The van der Waals surface area contributed by atoms with Crippen molar-refractivity contribution in [3.8, 4) is 50.6 Å². The van der Waals surface area contributed by atoms with Crippen LogP contribution in [-0.2, 0) is 37.4 Å². The van der Waals surface area contributed by atoms with Gasteiger partial charge in [-0.1, -0.05) is 196 Å². The Kier molecular flexibility index (Phi) is 14.0. The predicted octanol–water partition coefficient (Wildman–Crippen LogP) is 17.0. The number of imidazole rings is 1. The summed E-state index contributed by atoms with van der Waals surface area (Å²) in [5.41, 5.74) is 16.7. The third kappa shape index (κ3) is 10.5. The quantitative estimate of drug-likeness (QED) is 0.118. The van der Waals surface area contributed by atoms with E-state index in [0.29, 0.717) is 0 Å². The minimum Gasteiger partial charge on any atom is -0.501 e. The van der Waals surface area contributed by atoms with Gasteiger partial charge in [0, 0.05) is 42.8 Å². The Morgan fingerprint density at radius 3 is 1.80 bits per heavy atom. The molecule has 70 heavy (non-hydrogen) atoms. The third-order valence-corrected chi connectivity index (χ3v) is 15.0. The van der Waals surface area contributed by atoms with Crippen LogP contribution >= 0.6 is 0 Å². The monoisotopic (exact) mass is 1110 g/mol. The summed E-state index contributed by atoms with van der Waals surface area (Å²) in [7, 11) is -1.42. The molecule has 0 fully saturated rings. The van der Waals surface area contributed by atoms with Crippen LogP contribution in [0.1, 0.15) is 79.0 Å². The molecule has 357 valence electrons. The summed E-state index contributed by atoms with van der Waals surface area (Å²) < 4.78 is 8.86. The molecule has 10 rings (SSSR count). The first-order valence-electron chi connectivity index (χ1n) is 24.4. The fraction of sp³-hybridized carbons (Fsp3) is 0.250. The molecule has 7 aromatic carbocycles. The van der Waals surface area contributed by atoms with E-state index in [1.54, 1.807) is 0 Å². The van der Waals surface area contributed by atoms with Crippen molar-refractivity contribution >= 4 is 46.2 Å². The maximum absolute atomic E-state index is 6.53. The molecule has 0 bridgehead atoms. The molecule has 0 spiro atoms. The van der Waals surface area contributed by atoms with Crippen LogP contribution in [-0.4, -0.2) is 22.6 Å². The first kappa shape index (κ1) is 50.2. The largest absolute Gasteiger partial charge is 0.501 e. The van der Waals surface area contributed by atoms with Gasteiger partial charge in [0.15, 0.2) is 0 Å². The Balaban J connectivity index is 0.000000217. The molecule has 1 radical (unpaired) electrons. The van der Waals surface area contributed by atoms with Crippen molar-refractivity contribution in [2.45, 2.75) is 99.2 Å². The zero-order valence-corrected chi connectivity index (χ0v) is 46.3. The van der Waals surface area contributed by atoms with Crippen molar-refractivity contribution in [2.24, 2.45) is 5.41 Å². The number of hydrogen-bond acceptors (Lipinski definition) is 3. The molecule has 0 atom stereocenters. The van der Waals surface area contributed by atoms with Gasteiger partial charge in [0.25, 0.3) is 0 Å². The van der Waals surface area contributed by atoms with Crippen LogP contribution in [0.4, 0.5) is 0 Å². The Hall–Kier alpha value is -6.17. The van der Waals surface area contributed by atoms with Gasteiger partial charge in [-0.2, -0.15) is 0 Å². The molecule has 0 aliphatic rings. The van der Waals surface area contributed by atoms with Crippen molar-refractivity contribution in [1.29, 1.82) is 0 Å². The van der Waals surface area contributed by atoms with E-state index in [0.717, 1.165) is 90.0 Å². The smallest absolute Gasteiger partial charge is 0.120 e. The Morgan fingerprint density at radius 1 is 0.600 bits per heavy atom. The van der Waals surface area contributed by atoms with E-state index in [2.05, 4.69) is 232 Å². The molecule has 0 unspecified atom stereocenters. The molecule has 0 N–H and O–H groups in total. The molecule has 3 aromatic heterocycles. The number of hydrogen-bond donors (Lipinski definition) is 0. The molecule has 10 aromatic rings. The average molecular weight is 1110 g/mol. The second-order valence-electron chi connectivity index (χ2n) is 22.8. The number of furan rings is 1. The zero-order valence-electron chi connectivity index (χ0n) is 42.9. The summed E-state index contributed by atoms with van der Waals surface area (Å²) >= 11 is 0. The maximum atomic E-state index is 6.53. The molecular formula is C64H65IrN3OSi-2. The Morgan fingerprint density at radius 2 is 1.19 bits per heavy atom. The predicted molar refractivity (Wildman–Crippen MR) is 296 cm³/mol. The standard InChI is InChI=1S/C41H31N2O.C23H34NSi.Ir/c1-41(2,3)29-25-33(27-15-6-4-7-16-27)38(34(26-29)28-17-8-5-9-18-28)43-36-23-12-11-22-35(36)42-40(43)32-21-14-20-31-30-19-10-13-24-37(30)44-39(31)32;1-22(2,3)15-18-14-20(24-16-21(18)25(7,8)9)17-11-10-12-19(13-17)23(4,5)6;/h4-20,22-26H,1-3H3;10,12-14,16H,15H2,1-9H3;/q2*-1;. The topological polar surface area (TPSA) is 43.9 Å². The number of fused-ring (bicyclic) bond motifs is 4. The van der Waals surface area contributed by atoms with Crippen molar-refractivity contribution < 1.29 is 24.5 Å². The fourth-order valence-electron chi connectivity index (χ4n) is 9.38. The van der Waals surface area contributed by atoms with Gasteiger partial charge in [0.05, 0.1) is 36.2 Å². The fourth-order valence-corrected chi connectivity index (χ4v) is 11.0. The molecule has 4 nitrogen and oxygen atoms in total. The van der Waals surface area contributed by atoms with Crippen LogP contribution in [0.15, 0.2) is 168 Å². The van der Waals surface area contributed by atoms with E-state index < -0.39 is 8.07 Å². The van der Waals surface area contributed by atoms with Gasteiger partial charge in [0.1, 0.15) is 5.58 Å². The summed E-state index contributed by atoms with van der Waals surface area (Å²) in [6.45, 7) is 27.7. The molecule has 0 aliphatic carbocycles. The second kappa shape index (κ2) is 19.6. The van der Waals surface area contributed by atoms with Crippen LogP contribution in [0.2, 0.25) is 19.6 Å².